The number of aryl methyl sites for hydroxylation is 1. The van der Waals surface area contributed by atoms with Gasteiger partial charge in [-0.25, -0.2) is 0 Å². The van der Waals surface area contributed by atoms with Gasteiger partial charge in [0.2, 0.25) is 0 Å². The van der Waals surface area contributed by atoms with E-state index >= 15 is 0 Å². The number of benzene rings is 2. The van der Waals surface area contributed by atoms with Crippen LogP contribution in [0.25, 0.3) is 10.9 Å². The van der Waals surface area contributed by atoms with E-state index in [-0.39, 0.29) is 5.91 Å². The molecule has 1 aromatic heterocycles. The minimum atomic E-state index is 0.0852. The summed E-state index contributed by atoms with van der Waals surface area (Å²) >= 11 is 0. The predicted molar refractivity (Wildman–Crippen MR) is 108 cm³/mol. The number of piperazine rings is 1. The Morgan fingerprint density at radius 2 is 1.78 bits per heavy atom. The Kier molecular flexibility index (Phi) is 4.67. The second-order valence-electron chi connectivity index (χ2n) is 6.81. The third-order valence-corrected chi connectivity index (χ3v) is 5.06. The Balaban J connectivity index is 1.52. The lowest BCUT2D eigenvalue weighted by molar-refractivity contribution is 0.0748. The molecule has 0 N–H and O–H groups in total. The topological polar surface area (TPSA) is 45.7 Å². The van der Waals surface area contributed by atoms with Crippen LogP contribution in [-0.4, -0.2) is 49.1 Å². The number of anilines is 1. The molecule has 3 aromatic rings. The summed E-state index contributed by atoms with van der Waals surface area (Å²) in [5.41, 5.74) is 3.61. The number of amides is 1. The third kappa shape index (κ3) is 3.45. The van der Waals surface area contributed by atoms with E-state index in [4.69, 9.17) is 4.74 Å². The van der Waals surface area contributed by atoms with Crippen molar-refractivity contribution >= 4 is 22.5 Å². The van der Waals surface area contributed by atoms with Crippen LogP contribution >= 0.6 is 0 Å². The number of pyridine rings is 1. The van der Waals surface area contributed by atoms with E-state index in [0.29, 0.717) is 13.1 Å². The van der Waals surface area contributed by atoms with E-state index in [0.717, 1.165) is 46.7 Å². The average Bonchev–Trinajstić information content (AvgIpc) is 2.72. The van der Waals surface area contributed by atoms with Crippen LogP contribution in [0.2, 0.25) is 0 Å². The van der Waals surface area contributed by atoms with Gasteiger partial charge in [0.15, 0.2) is 0 Å². The number of hydrogen-bond donors (Lipinski definition) is 0. The summed E-state index contributed by atoms with van der Waals surface area (Å²) in [4.78, 5) is 21.9. The summed E-state index contributed by atoms with van der Waals surface area (Å²) in [6.07, 6.45) is 0. The molecular formula is C22H23N3O2. The van der Waals surface area contributed by atoms with Gasteiger partial charge in [-0.2, -0.15) is 0 Å². The van der Waals surface area contributed by atoms with Crippen LogP contribution in [0.15, 0.2) is 54.6 Å². The fourth-order valence-corrected chi connectivity index (χ4v) is 3.63. The maximum absolute atomic E-state index is 13.2. The lowest BCUT2D eigenvalue weighted by Gasteiger charge is -2.36. The molecule has 0 atom stereocenters. The Morgan fingerprint density at radius 1 is 1.00 bits per heavy atom. The van der Waals surface area contributed by atoms with Gasteiger partial charge in [0, 0.05) is 49.0 Å². The molecule has 0 aliphatic carbocycles. The molecule has 2 aromatic carbocycles. The number of carbonyl (C=O) groups excluding carboxylic acids is 1. The Morgan fingerprint density at radius 3 is 2.56 bits per heavy atom. The number of hydrogen-bond acceptors (Lipinski definition) is 4. The molecule has 0 saturated carbocycles. The van der Waals surface area contributed by atoms with Crippen LogP contribution in [0.3, 0.4) is 0 Å². The average molecular weight is 361 g/mol. The Bertz CT molecular complexity index is 978. The normalized spacial score (nSPS) is 14.4. The van der Waals surface area contributed by atoms with Crippen molar-refractivity contribution in [3.05, 3.63) is 65.9 Å². The first-order chi connectivity index (χ1) is 13.2. The molecule has 1 aliphatic heterocycles. The highest BCUT2D eigenvalue weighted by Gasteiger charge is 2.24. The van der Waals surface area contributed by atoms with Crippen molar-refractivity contribution < 1.29 is 9.53 Å². The van der Waals surface area contributed by atoms with Crippen LogP contribution in [0.5, 0.6) is 5.75 Å². The maximum Gasteiger partial charge on any atom is 0.254 e. The minimum Gasteiger partial charge on any atom is -0.497 e. The van der Waals surface area contributed by atoms with Crippen molar-refractivity contribution in [3.63, 3.8) is 0 Å². The van der Waals surface area contributed by atoms with Crippen molar-refractivity contribution in [1.82, 2.24) is 9.88 Å². The Labute approximate surface area is 159 Å². The van der Waals surface area contributed by atoms with E-state index in [9.17, 15) is 4.79 Å². The Hall–Kier alpha value is -3.08. The molecule has 5 nitrogen and oxygen atoms in total. The molecule has 1 saturated heterocycles. The molecule has 2 heterocycles. The standard InChI is InChI=1S/C22H23N3O2/c1-16-14-20(19-8-3-4-9-21(19)23-16)22(26)25-12-10-24(11-13-25)17-6-5-7-18(15-17)27-2/h3-9,14-15H,10-13H2,1-2H3. The molecule has 138 valence electrons. The number of nitrogens with zero attached hydrogens (tertiary/aromatic N) is 3. The van der Waals surface area contributed by atoms with Gasteiger partial charge in [-0.1, -0.05) is 24.3 Å². The highest BCUT2D eigenvalue weighted by molar-refractivity contribution is 6.06. The van der Waals surface area contributed by atoms with Gasteiger partial charge in [0.1, 0.15) is 5.75 Å². The molecule has 0 unspecified atom stereocenters. The summed E-state index contributed by atoms with van der Waals surface area (Å²) in [6.45, 7) is 4.95. The zero-order chi connectivity index (χ0) is 18.8. The predicted octanol–water partition coefficient (Wildman–Crippen LogP) is 3.51. The lowest BCUT2D eigenvalue weighted by atomic mass is 10.1. The fourth-order valence-electron chi connectivity index (χ4n) is 3.63. The van der Waals surface area contributed by atoms with Crippen LogP contribution < -0.4 is 9.64 Å². The van der Waals surface area contributed by atoms with Gasteiger partial charge in [0.25, 0.3) is 5.91 Å². The SMILES string of the molecule is COc1cccc(N2CCN(C(=O)c3cc(C)nc4ccccc34)CC2)c1. The molecule has 0 radical (unpaired) electrons. The van der Waals surface area contributed by atoms with E-state index in [1.807, 2.05) is 60.4 Å². The number of methoxy groups -OCH3 is 1. The zero-order valence-electron chi connectivity index (χ0n) is 15.7. The number of fused-ring (bicyclic) bond motifs is 1. The maximum atomic E-state index is 13.2. The van der Waals surface area contributed by atoms with Crippen molar-refractivity contribution in [2.75, 3.05) is 38.2 Å². The van der Waals surface area contributed by atoms with Gasteiger partial charge in [-0.3, -0.25) is 9.78 Å². The van der Waals surface area contributed by atoms with Gasteiger partial charge >= 0.3 is 0 Å². The second kappa shape index (κ2) is 7.27. The van der Waals surface area contributed by atoms with Crippen LogP contribution in [0, 0.1) is 6.92 Å². The zero-order valence-corrected chi connectivity index (χ0v) is 15.7. The number of carbonyl (C=O) groups is 1. The fraction of sp³-hybridized carbons (Fsp3) is 0.273. The molecule has 4 rings (SSSR count). The monoisotopic (exact) mass is 361 g/mol. The van der Waals surface area contributed by atoms with E-state index in [2.05, 4.69) is 16.0 Å². The molecular weight excluding hydrogens is 338 g/mol. The van der Waals surface area contributed by atoms with E-state index in [1.54, 1.807) is 7.11 Å². The van der Waals surface area contributed by atoms with E-state index < -0.39 is 0 Å². The second-order valence-corrected chi connectivity index (χ2v) is 6.81. The minimum absolute atomic E-state index is 0.0852. The molecule has 1 amide bonds. The smallest absolute Gasteiger partial charge is 0.254 e. The summed E-state index contributed by atoms with van der Waals surface area (Å²) in [7, 11) is 1.68. The number of para-hydroxylation sites is 1. The summed E-state index contributed by atoms with van der Waals surface area (Å²) in [5.74, 6) is 0.937. The highest BCUT2D eigenvalue weighted by Crippen LogP contribution is 2.24. The number of rotatable bonds is 3. The van der Waals surface area contributed by atoms with Gasteiger partial charge < -0.3 is 14.5 Å². The van der Waals surface area contributed by atoms with Crippen molar-refractivity contribution in [1.29, 1.82) is 0 Å². The summed E-state index contributed by atoms with van der Waals surface area (Å²) in [6, 6.07) is 17.8. The van der Waals surface area contributed by atoms with Crippen LogP contribution in [0.4, 0.5) is 5.69 Å². The van der Waals surface area contributed by atoms with Gasteiger partial charge in [-0.15, -0.1) is 0 Å². The van der Waals surface area contributed by atoms with Crippen molar-refractivity contribution in [2.24, 2.45) is 0 Å². The first kappa shape index (κ1) is 17.3. The van der Waals surface area contributed by atoms with Gasteiger partial charge in [0.05, 0.1) is 18.2 Å². The van der Waals surface area contributed by atoms with Gasteiger partial charge in [-0.05, 0) is 31.2 Å². The summed E-state index contributed by atoms with van der Waals surface area (Å²) in [5, 5.41) is 0.920. The third-order valence-electron chi connectivity index (χ3n) is 5.06. The van der Waals surface area contributed by atoms with Crippen molar-refractivity contribution in [2.45, 2.75) is 6.92 Å². The largest absolute Gasteiger partial charge is 0.497 e. The molecule has 0 spiro atoms. The van der Waals surface area contributed by atoms with Crippen molar-refractivity contribution in [3.8, 4) is 5.75 Å². The number of aromatic nitrogens is 1. The van der Waals surface area contributed by atoms with Crippen LogP contribution in [0.1, 0.15) is 16.1 Å². The first-order valence-electron chi connectivity index (χ1n) is 9.20. The quantitative estimate of drug-likeness (QED) is 0.716. The molecule has 1 fully saturated rings. The number of ether oxygens (including phenoxy) is 1. The molecule has 1 aliphatic rings. The molecule has 27 heavy (non-hydrogen) atoms. The lowest BCUT2D eigenvalue weighted by Crippen LogP contribution is -2.48. The van der Waals surface area contributed by atoms with Crippen LogP contribution in [-0.2, 0) is 0 Å². The van der Waals surface area contributed by atoms with E-state index in [1.165, 1.54) is 0 Å². The molecule has 0 bridgehead atoms. The summed E-state index contributed by atoms with van der Waals surface area (Å²) < 4.78 is 5.32. The molecule has 5 heteroatoms. The highest BCUT2D eigenvalue weighted by atomic mass is 16.5. The first-order valence-corrected chi connectivity index (χ1v) is 9.20.